The van der Waals surface area contributed by atoms with Crippen LogP contribution in [0.1, 0.15) is 52.9 Å². The van der Waals surface area contributed by atoms with Crippen molar-refractivity contribution >= 4 is 17.5 Å². The smallest absolute Gasteiger partial charge is 0.232 e. The fourth-order valence-corrected chi connectivity index (χ4v) is 5.09. The van der Waals surface area contributed by atoms with E-state index in [2.05, 4.69) is 60.0 Å². The Morgan fingerprint density at radius 2 is 1.78 bits per heavy atom. The Balaban J connectivity index is 1.32. The Kier molecular flexibility index (Phi) is 7.10. The zero-order valence-electron chi connectivity index (χ0n) is 21.4. The summed E-state index contributed by atoms with van der Waals surface area (Å²) >= 11 is 0. The number of Topliss-reactive ketones (excluding diaryl/α,β-unsaturated/α-hetero) is 1. The van der Waals surface area contributed by atoms with Crippen molar-refractivity contribution in [2.75, 3.05) is 31.3 Å². The number of rotatable bonds is 8. The largest absolute Gasteiger partial charge is 0.478 e. The molecule has 0 saturated carbocycles. The first kappa shape index (κ1) is 24.1. The molecule has 5 nitrogen and oxygen atoms in total. The van der Waals surface area contributed by atoms with Gasteiger partial charge in [-0.15, -0.1) is 0 Å². The number of aryl methyl sites for hydroxylation is 2. The number of hydrogen-bond donors (Lipinski definition) is 0. The van der Waals surface area contributed by atoms with E-state index in [4.69, 9.17) is 9.47 Å². The number of fused-ring (bicyclic) bond motifs is 3. The maximum absolute atomic E-state index is 13.3. The fraction of sp³-hybridized carbons (Fsp3) is 0.323. The van der Waals surface area contributed by atoms with Gasteiger partial charge in [-0.25, -0.2) is 0 Å². The van der Waals surface area contributed by atoms with Crippen LogP contribution in [-0.2, 0) is 13.0 Å². The number of ether oxygens (including phenoxy) is 2. The minimum atomic E-state index is -0.0562. The van der Waals surface area contributed by atoms with Gasteiger partial charge >= 0.3 is 0 Å². The summed E-state index contributed by atoms with van der Waals surface area (Å²) < 4.78 is 12.3. The Labute approximate surface area is 213 Å². The Bertz CT molecular complexity index is 1260. The van der Waals surface area contributed by atoms with Crippen LogP contribution < -0.4 is 14.4 Å². The summed E-state index contributed by atoms with van der Waals surface area (Å²) in [7, 11) is 0. The minimum Gasteiger partial charge on any atom is -0.478 e. The number of anilines is 1. The van der Waals surface area contributed by atoms with Crippen molar-refractivity contribution in [3.05, 3.63) is 94.2 Å². The second kappa shape index (κ2) is 10.6. The van der Waals surface area contributed by atoms with Gasteiger partial charge in [0.05, 0.1) is 11.1 Å². The van der Waals surface area contributed by atoms with Gasteiger partial charge in [0.2, 0.25) is 5.78 Å². The van der Waals surface area contributed by atoms with E-state index in [0.717, 1.165) is 54.9 Å². The van der Waals surface area contributed by atoms with Gasteiger partial charge in [-0.3, -0.25) is 9.69 Å². The van der Waals surface area contributed by atoms with E-state index in [9.17, 15) is 4.79 Å². The molecule has 3 aromatic rings. The maximum Gasteiger partial charge on any atom is 0.232 e. The van der Waals surface area contributed by atoms with Crippen LogP contribution in [-0.4, -0.2) is 37.0 Å². The summed E-state index contributed by atoms with van der Waals surface area (Å²) in [6, 6.07) is 20.8. The lowest BCUT2D eigenvalue weighted by molar-refractivity contribution is 0.0928. The van der Waals surface area contributed by atoms with Gasteiger partial charge in [0.1, 0.15) is 18.2 Å². The number of benzene rings is 3. The molecular formula is C31H34N2O3. The van der Waals surface area contributed by atoms with Crippen LogP contribution in [0.2, 0.25) is 0 Å². The van der Waals surface area contributed by atoms with Gasteiger partial charge in [-0.2, -0.15) is 0 Å². The Morgan fingerprint density at radius 1 is 1.03 bits per heavy atom. The average molecular weight is 483 g/mol. The summed E-state index contributed by atoms with van der Waals surface area (Å²) in [5.74, 6) is 1.80. The molecule has 0 aliphatic carbocycles. The predicted octanol–water partition coefficient (Wildman–Crippen LogP) is 6.24. The van der Waals surface area contributed by atoms with Crippen LogP contribution in [0.25, 0.3) is 6.08 Å². The molecule has 0 unspecified atom stereocenters. The SMILES string of the molecule is CCN(CC)c1ccc(/C=C2\Oc3c4c(cc(C)c3C2=O)OCN(CCCc2ccccc2)C4)cc1. The summed E-state index contributed by atoms with van der Waals surface area (Å²) in [5.41, 5.74) is 6.00. The first-order chi connectivity index (χ1) is 17.6. The lowest BCUT2D eigenvalue weighted by Crippen LogP contribution is -2.33. The number of carbonyl (C=O) groups excluding carboxylic acids is 1. The number of ketones is 1. The third-order valence-electron chi connectivity index (χ3n) is 7.09. The van der Waals surface area contributed by atoms with E-state index < -0.39 is 0 Å². The quantitative estimate of drug-likeness (QED) is 0.356. The Hall–Kier alpha value is -3.57. The number of carbonyl (C=O) groups is 1. The molecule has 2 aliphatic heterocycles. The van der Waals surface area contributed by atoms with E-state index in [0.29, 0.717) is 30.3 Å². The van der Waals surface area contributed by atoms with Crippen LogP contribution in [0.5, 0.6) is 11.5 Å². The van der Waals surface area contributed by atoms with Gasteiger partial charge in [0.25, 0.3) is 0 Å². The molecule has 0 bridgehead atoms. The molecular weight excluding hydrogens is 448 g/mol. The van der Waals surface area contributed by atoms with Gasteiger partial charge < -0.3 is 14.4 Å². The predicted molar refractivity (Wildman–Crippen MR) is 145 cm³/mol. The Morgan fingerprint density at radius 3 is 2.50 bits per heavy atom. The number of allylic oxidation sites excluding steroid dienone is 1. The molecule has 0 N–H and O–H groups in total. The monoisotopic (exact) mass is 482 g/mol. The van der Waals surface area contributed by atoms with Crippen molar-refractivity contribution in [3.63, 3.8) is 0 Å². The van der Waals surface area contributed by atoms with Crippen molar-refractivity contribution in [2.24, 2.45) is 0 Å². The first-order valence-electron chi connectivity index (χ1n) is 12.9. The van der Waals surface area contributed by atoms with Crippen molar-refractivity contribution in [2.45, 2.75) is 40.2 Å². The molecule has 0 spiro atoms. The highest BCUT2D eigenvalue weighted by Gasteiger charge is 2.35. The molecule has 36 heavy (non-hydrogen) atoms. The molecule has 2 aliphatic rings. The summed E-state index contributed by atoms with van der Waals surface area (Å²) in [4.78, 5) is 17.9. The highest BCUT2D eigenvalue weighted by molar-refractivity contribution is 6.15. The topological polar surface area (TPSA) is 42.0 Å². The third-order valence-corrected chi connectivity index (χ3v) is 7.09. The van der Waals surface area contributed by atoms with E-state index in [1.165, 1.54) is 11.3 Å². The minimum absolute atomic E-state index is 0.0562. The summed E-state index contributed by atoms with van der Waals surface area (Å²) in [6.45, 7) is 10.4. The summed E-state index contributed by atoms with van der Waals surface area (Å²) in [6.07, 6.45) is 3.93. The fourth-order valence-electron chi connectivity index (χ4n) is 5.09. The zero-order valence-corrected chi connectivity index (χ0v) is 21.4. The van der Waals surface area contributed by atoms with Crippen molar-refractivity contribution in [3.8, 4) is 11.5 Å². The van der Waals surface area contributed by atoms with Crippen LogP contribution in [0.15, 0.2) is 66.4 Å². The van der Waals surface area contributed by atoms with Crippen LogP contribution in [0, 0.1) is 6.92 Å². The molecule has 5 heteroatoms. The molecule has 2 heterocycles. The molecule has 0 amide bonds. The summed E-state index contributed by atoms with van der Waals surface area (Å²) in [5, 5.41) is 0. The molecule has 0 radical (unpaired) electrons. The molecule has 3 aromatic carbocycles. The van der Waals surface area contributed by atoms with Crippen molar-refractivity contribution in [1.29, 1.82) is 0 Å². The van der Waals surface area contributed by atoms with Crippen LogP contribution in [0.3, 0.4) is 0 Å². The molecule has 0 aromatic heterocycles. The number of hydrogen-bond acceptors (Lipinski definition) is 5. The lowest BCUT2D eigenvalue weighted by atomic mass is 9.98. The van der Waals surface area contributed by atoms with E-state index in [1.54, 1.807) is 0 Å². The van der Waals surface area contributed by atoms with Crippen molar-refractivity contribution in [1.82, 2.24) is 4.90 Å². The third kappa shape index (κ3) is 4.89. The molecule has 0 saturated heterocycles. The van der Waals surface area contributed by atoms with E-state index >= 15 is 0 Å². The normalized spacial score (nSPS) is 15.9. The second-order valence-electron chi connectivity index (χ2n) is 9.49. The van der Waals surface area contributed by atoms with Gasteiger partial charge in [-0.05, 0) is 74.6 Å². The van der Waals surface area contributed by atoms with Gasteiger partial charge in [-0.1, -0.05) is 42.5 Å². The van der Waals surface area contributed by atoms with Crippen LogP contribution >= 0.6 is 0 Å². The number of nitrogens with zero attached hydrogens (tertiary/aromatic N) is 2. The van der Waals surface area contributed by atoms with Gasteiger partial charge in [0, 0.05) is 31.9 Å². The molecule has 5 rings (SSSR count). The maximum atomic E-state index is 13.3. The highest BCUT2D eigenvalue weighted by Crippen LogP contribution is 2.44. The molecule has 186 valence electrons. The van der Waals surface area contributed by atoms with Crippen LogP contribution in [0.4, 0.5) is 5.69 Å². The standard InChI is InChI=1S/C31H34N2O3/c1-4-33(5-2)25-15-13-24(14-16-25)19-28-30(34)29-22(3)18-27-26(31(29)36-28)20-32(21-35-27)17-9-12-23-10-7-6-8-11-23/h6-8,10-11,13-16,18-19H,4-5,9,12,17,20-21H2,1-3H3/b28-19-. The average Bonchev–Trinajstić information content (AvgIpc) is 3.23. The molecule has 0 fully saturated rings. The zero-order chi connectivity index (χ0) is 25.1. The van der Waals surface area contributed by atoms with Gasteiger partial charge in [0.15, 0.2) is 5.76 Å². The van der Waals surface area contributed by atoms with E-state index in [1.807, 2.05) is 37.3 Å². The first-order valence-corrected chi connectivity index (χ1v) is 12.9. The van der Waals surface area contributed by atoms with Crippen molar-refractivity contribution < 1.29 is 14.3 Å². The second-order valence-corrected chi connectivity index (χ2v) is 9.49. The van der Waals surface area contributed by atoms with E-state index in [-0.39, 0.29) is 5.78 Å². The molecule has 0 atom stereocenters. The highest BCUT2D eigenvalue weighted by atomic mass is 16.5. The lowest BCUT2D eigenvalue weighted by Gasteiger charge is -2.30.